The Morgan fingerprint density at radius 1 is 1.29 bits per heavy atom. The maximum Gasteiger partial charge on any atom is 0.0600 e. The van der Waals surface area contributed by atoms with Crippen molar-refractivity contribution in [3.05, 3.63) is 24.0 Å². The molecule has 0 spiro atoms. The van der Waals surface area contributed by atoms with E-state index in [0.29, 0.717) is 12.1 Å². The van der Waals surface area contributed by atoms with Crippen LogP contribution in [0.2, 0.25) is 0 Å². The predicted molar refractivity (Wildman–Crippen MR) is 74.4 cm³/mol. The second-order valence-electron chi connectivity index (χ2n) is 4.92. The smallest absolute Gasteiger partial charge is 0.0600 e. The number of hydrogen-bond acceptors (Lipinski definition) is 3. The molecule has 0 radical (unpaired) electrons. The molecule has 17 heavy (non-hydrogen) atoms. The van der Waals surface area contributed by atoms with Gasteiger partial charge in [0.1, 0.15) is 0 Å². The third-order valence-corrected chi connectivity index (χ3v) is 2.86. The summed E-state index contributed by atoms with van der Waals surface area (Å²) in [4.78, 5) is 6.63. The maximum absolute atomic E-state index is 4.25. The number of nitrogens with zero attached hydrogens (tertiary/aromatic N) is 2. The van der Waals surface area contributed by atoms with E-state index in [0.717, 1.165) is 13.1 Å². The van der Waals surface area contributed by atoms with Crippen LogP contribution >= 0.6 is 0 Å². The summed E-state index contributed by atoms with van der Waals surface area (Å²) in [5.41, 5.74) is 2.57. The Labute approximate surface area is 105 Å². The zero-order valence-electron chi connectivity index (χ0n) is 11.7. The molecule has 0 saturated heterocycles. The third-order valence-electron chi connectivity index (χ3n) is 2.86. The summed E-state index contributed by atoms with van der Waals surface area (Å²) < 4.78 is 0. The van der Waals surface area contributed by atoms with Gasteiger partial charge in [0.2, 0.25) is 0 Å². The first kappa shape index (κ1) is 14.0. The van der Waals surface area contributed by atoms with Crippen LogP contribution in [0, 0.1) is 0 Å². The molecule has 1 heterocycles. The molecule has 1 aromatic rings. The van der Waals surface area contributed by atoms with Gasteiger partial charge in [-0.3, -0.25) is 4.98 Å². The fourth-order valence-corrected chi connectivity index (χ4v) is 1.95. The van der Waals surface area contributed by atoms with E-state index in [1.54, 1.807) is 0 Å². The number of aromatic nitrogens is 1. The first-order chi connectivity index (χ1) is 8.06. The highest BCUT2D eigenvalue weighted by Gasteiger charge is 2.12. The van der Waals surface area contributed by atoms with Crippen molar-refractivity contribution in [3.63, 3.8) is 0 Å². The van der Waals surface area contributed by atoms with Crippen LogP contribution in [0.15, 0.2) is 18.5 Å². The van der Waals surface area contributed by atoms with E-state index >= 15 is 0 Å². The Balaban J connectivity index is 2.89. The van der Waals surface area contributed by atoms with Crippen molar-refractivity contribution < 1.29 is 0 Å². The van der Waals surface area contributed by atoms with E-state index in [4.69, 9.17) is 0 Å². The zero-order chi connectivity index (χ0) is 12.8. The summed E-state index contributed by atoms with van der Waals surface area (Å²) in [6.45, 7) is 12.9. The molecule has 0 unspecified atom stereocenters. The fraction of sp³-hybridized carbons (Fsp3) is 0.643. The number of hydrogen-bond donors (Lipinski definition) is 1. The molecule has 0 aliphatic rings. The van der Waals surface area contributed by atoms with Gasteiger partial charge in [0.05, 0.1) is 11.9 Å². The molecule has 0 bridgehead atoms. The van der Waals surface area contributed by atoms with Gasteiger partial charge in [0, 0.05) is 31.4 Å². The zero-order valence-corrected chi connectivity index (χ0v) is 11.7. The number of rotatable bonds is 6. The molecule has 0 aromatic carbocycles. The molecule has 0 fully saturated rings. The van der Waals surface area contributed by atoms with Crippen LogP contribution in [-0.4, -0.2) is 23.6 Å². The Morgan fingerprint density at radius 3 is 2.53 bits per heavy atom. The Hall–Kier alpha value is -1.09. The van der Waals surface area contributed by atoms with E-state index in [1.165, 1.54) is 11.3 Å². The minimum Gasteiger partial charge on any atom is -0.368 e. The lowest BCUT2D eigenvalue weighted by molar-refractivity contribution is 0.585. The van der Waals surface area contributed by atoms with Gasteiger partial charge in [-0.2, -0.15) is 0 Å². The number of pyridine rings is 1. The van der Waals surface area contributed by atoms with Gasteiger partial charge in [-0.05, 0) is 32.4 Å². The highest BCUT2D eigenvalue weighted by atomic mass is 15.2. The van der Waals surface area contributed by atoms with Gasteiger partial charge in [0.15, 0.2) is 0 Å². The maximum atomic E-state index is 4.25. The van der Waals surface area contributed by atoms with Gasteiger partial charge in [-0.15, -0.1) is 0 Å². The minimum absolute atomic E-state index is 0.502. The van der Waals surface area contributed by atoms with Gasteiger partial charge < -0.3 is 10.2 Å². The Morgan fingerprint density at radius 2 is 2.00 bits per heavy atom. The van der Waals surface area contributed by atoms with Crippen LogP contribution < -0.4 is 10.2 Å². The van der Waals surface area contributed by atoms with Crippen molar-refractivity contribution in [3.8, 4) is 0 Å². The van der Waals surface area contributed by atoms with Gasteiger partial charge in [0.25, 0.3) is 0 Å². The Bertz CT molecular complexity index is 334. The first-order valence-electron chi connectivity index (χ1n) is 6.49. The molecule has 0 amide bonds. The van der Waals surface area contributed by atoms with Crippen molar-refractivity contribution in [1.82, 2.24) is 10.3 Å². The molecule has 3 heteroatoms. The molecule has 1 aromatic heterocycles. The summed E-state index contributed by atoms with van der Waals surface area (Å²) in [5, 5.41) is 3.47. The molecular weight excluding hydrogens is 210 g/mol. The summed E-state index contributed by atoms with van der Waals surface area (Å²) in [6, 6.07) is 3.11. The highest BCUT2D eigenvalue weighted by molar-refractivity contribution is 5.52. The average molecular weight is 235 g/mol. The standard InChI is InChI=1S/C14H25N3/c1-6-17(12(4)5)14-10-15-8-7-13(14)9-16-11(2)3/h7-8,10-12,16H,6,9H2,1-5H3. The second kappa shape index (κ2) is 6.60. The van der Waals surface area contributed by atoms with Crippen molar-refractivity contribution >= 4 is 5.69 Å². The molecule has 0 atom stereocenters. The molecule has 0 aliphatic carbocycles. The summed E-state index contributed by atoms with van der Waals surface area (Å²) in [6.07, 6.45) is 3.84. The molecule has 1 N–H and O–H groups in total. The molecule has 0 aliphatic heterocycles. The quantitative estimate of drug-likeness (QED) is 0.822. The van der Waals surface area contributed by atoms with Crippen LogP contribution in [0.5, 0.6) is 0 Å². The monoisotopic (exact) mass is 235 g/mol. The molecule has 96 valence electrons. The van der Waals surface area contributed by atoms with Gasteiger partial charge >= 0.3 is 0 Å². The van der Waals surface area contributed by atoms with Crippen LogP contribution in [0.4, 0.5) is 5.69 Å². The van der Waals surface area contributed by atoms with Crippen molar-refractivity contribution in [2.24, 2.45) is 0 Å². The number of anilines is 1. The second-order valence-corrected chi connectivity index (χ2v) is 4.92. The minimum atomic E-state index is 0.502. The summed E-state index contributed by atoms with van der Waals surface area (Å²) >= 11 is 0. The summed E-state index contributed by atoms with van der Waals surface area (Å²) in [5.74, 6) is 0. The lowest BCUT2D eigenvalue weighted by Crippen LogP contribution is -2.32. The van der Waals surface area contributed by atoms with E-state index in [1.807, 2.05) is 12.4 Å². The lowest BCUT2D eigenvalue weighted by atomic mass is 10.1. The van der Waals surface area contributed by atoms with Crippen molar-refractivity contribution in [2.45, 2.75) is 53.2 Å². The predicted octanol–water partition coefficient (Wildman–Crippen LogP) is 2.81. The van der Waals surface area contributed by atoms with Crippen molar-refractivity contribution in [1.29, 1.82) is 0 Å². The number of nitrogens with one attached hydrogen (secondary N) is 1. The van der Waals surface area contributed by atoms with Crippen LogP contribution in [0.1, 0.15) is 40.2 Å². The normalized spacial score (nSPS) is 11.2. The Kier molecular flexibility index (Phi) is 5.42. The third kappa shape index (κ3) is 4.00. The average Bonchev–Trinajstić information content (AvgIpc) is 2.28. The van der Waals surface area contributed by atoms with E-state index in [-0.39, 0.29) is 0 Å². The van der Waals surface area contributed by atoms with Crippen molar-refractivity contribution in [2.75, 3.05) is 11.4 Å². The first-order valence-corrected chi connectivity index (χ1v) is 6.49. The molecular formula is C14H25N3. The lowest BCUT2D eigenvalue weighted by Gasteiger charge is -2.29. The highest BCUT2D eigenvalue weighted by Crippen LogP contribution is 2.21. The molecule has 0 saturated carbocycles. The van der Waals surface area contributed by atoms with Gasteiger partial charge in [-0.25, -0.2) is 0 Å². The van der Waals surface area contributed by atoms with E-state index < -0.39 is 0 Å². The van der Waals surface area contributed by atoms with Crippen LogP contribution in [0.25, 0.3) is 0 Å². The largest absolute Gasteiger partial charge is 0.368 e. The van der Waals surface area contributed by atoms with Crippen LogP contribution in [0.3, 0.4) is 0 Å². The van der Waals surface area contributed by atoms with Gasteiger partial charge in [-0.1, -0.05) is 13.8 Å². The van der Waals surface area contributed by atoms with E-state index in [2.05, 4.69) is 55.9 Å². The summed E-state index contributed by atoms with van der Waals surface area (Å²) in [7, 11) is 0. The van der Waals surface area contributed by atoms with E-state index in [9.17, 15) is 0 Å². The fourth-order valence-electron chi connectivity index (χ4n) is 1.95. The molecule has 1 rings (SSSR count). The van der Waals surface area contributed by atoms with Crippen LogP contribution in [-0.2, 0) is 6.54 Å². The SMILES string of the molecule is CCN(c1cnccc1CNC(C)C)C(C)C. The topological polar surface area (TPSA) is 28.2 Å². The molecule has 3 nitrogen and oxygen atoms in total.